The van der Waals surface area contributed by atoms with Gasteiger partial charge in [0.05, 0.1) is 24.9 Å². The second-order valence-electron chi connectivity index (χ2n) is 6.61. The Kier molecular flexibility index (Phi) is 5.25. The molecule has 30 heavy (non-hydrogen) atoms. The van der Waals surface area contributed by atoms with E-state index in [9.17, 15) is 18.8 Å². The van der Waals surface area contributed by atoms with E-state index in [1.54, 1.807) is 24.3 Å². The lowest BCUT2D eigenvalue weighted by Crippen LogP contribution is -2.43. The number of amides is 1. The number of rotatable bonds is 6. The number of halogens is 1. The van der Waals surface area contributed by atoms with E-state index < -0.39 is 23.0 Å². The Morgan fingerprint density at radius 1 is 1.07 bits per heavy atom. The van der Waals surface area contributed by atoms with Crippen LogP contribution in [0.3, 0.4) is 0 Å². The summed E-state index contributed by atoms with van der Waals surface area (Å²) in [4.78, 5) is 42.4. The van der Waals surface area contributed by atoms with Gasteiger partial charge in [0.2, 0.25) is 5.91 Å². The SMILES string of the molecule is O=C(Cn1c(=O)n(Cc2ccc(F)cc2)c(=O)c2ncccc21)NCc1ccco1. The van der Waals surface area contributed by atoms with Crippen molar-refractivity contribution in [1.29, 1.82) is 0 Å². The van der Waals surface area contributed by atoms with Crippen LogP contribution in [0, 0.1) is 5.82 Å². The minimum Gasteiger partial charge on any atom is -0.467 e. The molecule has 3 heterocycles. The van der Waals surface area contributed by atoms with Crippen LogP contribution in [0.2, 0.25) is 0 Å². The van der Waals surface area contributed by atoms with Gasteiger partial charge in [0, 0.05) is 6.20 Å². The molecule has 0 bridgehead atoms. The van der Waals surface area contributed by atoms with Crippen molar-refractivity contribution in [1.82, 2.24) is 19.4 Å². The lowest BCUT2D eigenvalue weighted by Gasteiger charge is -2.13. The van der Waals surface area contributed by atoms with Crippen LogP contribution in [-0.4, -0.2) is 20.0 Å². The number of hydrogen-bond donors (Lipinski definition) is 1. The second-order valence-corrected chi connectivity index (χ2v) is 6.61. The van der Waals surface area contributed by atoms with E-state index in [2.05, 4.69) is 10.3 Å². The zero-order valence-corrected chi connectivity index (χ0v) is 15.7. The summed E-state index contributed by atoms with van der Waals surface area (Å²) in [6.07, 6.45) is 2.94. The van der Waals surface area contributed by atoms with E-state index in [1.807, 2.05) is 0 Å². The highest BCUT2D eigenvalue weighted by Crippen LogP contribution is 2.07. The molecule has 4 rings (SSSR count). The van der Waals surface area contributed by atoms with E-state index in [4.69, 9.17) is 4.42 Å². The summed E-state index contributed by atoms with van der Waals surface area (Å²) in [6.45, 7) is -0.199. The van der Waals surface area contributed by atoms with Crippen LogP contribution in [0.1, 0.15) is 11.3 Å². The van der Waals surface area contributed by atoms with Gasteiger partial charge in [0.25, 0.3) is 5.56 Å². The van der Waals surface area contributed by atoms with Crippen LogP contribution in [0.15, 0.2) is 75.0 Å². The second kappa shape index (κ2) is 8.16. The highest BCUT2D eigenvalue weighted by Gasteiger charge is 2.16. The van der Waals surface area contributed by atoms with Gasteiger partial charge in [-0.15, -0.1) is 0 Å². The van der Waals surface area contributed by atoms with Gasteiger partial charge >= 0.3 is 5.69 Å². The number of benzene rings is 1. The standard InChI is InChI=1S/C21H17FN4O4/c22-15-7-5-14(6-8-15)12-26-20(28)19-17(4-1-9-23-19)25(21(26)29)13-18(27)24-11-16-3-2-10-30-16/h1-10H,11-13H2,(H,24,27). The number of carbonyl (C=O) groups excluding carboxylic acids is 1. The number of pyridine rings is 1. The first-order valence-corrected chi connectivity index (χ1v) is 9.15. The lowest BCUT2D eigenvalue weighted by molar-refractivity contribution is -0.121. The molecule has 0 unspecified atom stereocenters. The van der Waals surface area contributed by atoms with Crippen LogP contribution in [0.5, 0.6) is 0 Å². The summed E-state index contributed by atoms with van der Waals surface area (Å²) in [5, 5.41) is 2.67. The third-order valence-electron chi connectivity index (χ3n) is 4.58. The molecule has 1 N–H and O–H groups in total. The van der Waals surface area contributed by atoms with Gasteiger partial charge in [0.15, 0.2) is 5.52 Å². The number of aromatic nitrogens is 3. The summed E-state index contributed by atoms with van der Waals surface area (Å²) in [5.41, 5.74) is -0.334. The van der Waals surface area contributed by atoms with Crippen LogP contribution < -0.4 is 16.6 Å². The zero-order chi connectivity index (χ0) is 21.1. The third-order valence-corrected chi connectivity index (χ3v) is 4.58. The molecule has 0 aliphatic heterocycles. The quantitative estimate of drug-likeness (QED) is 0.523. The van der Waals surface area contributed by atoms with E-state index in [0.29, 0.717) is 11.3 Å². The van der Waals surface area contributed by atoms with E-state index in [1.165, 1.54) is 41.3 Å². The number of nitrogens with one attached hydrogen (secondary N) is 1. The smallest absolute Gasteiger partial charge is 0.332 e. The molecule has 0 fully saturated rings. The molecule has 1 aromatic carbocycles. The fourth-order valence-corrected chi connectivity index (χ4v) is 3.11. The molecule has 1 amide bonds. The van der Waals surface area contributed by atoms with Crippen LogP contribution in [0.4, 0.5) is 4.39 Å². The molecule has 0 radical (unpaired) electrons. The van der Waals surface area contributed by atoms with Gasteiger partial charge < -0.3 is 9.73 Å². The average molecular weight is 408 g/mol. The fraction of sp³-hybridized carbons (Fsp3) is 0.143. The molecule has 8 nitrogen and oxygen atoms in total. The highest BCUT2D eigenvalue weighted by molar-refractivity contribution is 5.79. The number of nitrogens with zero attached hydrogens (tertiary/aromatic N) is 3. The van der Waals surface area contributed by atoms with Gasteiger partial charge in [0.1, 0.15) is 18.1 Å². The molecule has 0 spiro atoms. The lowest BCUT2D eigenvalue weighted by atomic mass is 10.2. The Morgan fingerprint density at radius 2 is 1.87 bits per heavy atom. The largest absolute Gasteiger partial charge is 0.467 e. The summed E-state index contributed by atoms with van der Waals surface area (Å²) >= 11 is 0. The highest BCUT2D eigenvalue weighted by atomic mass is 19.1. The summed E-state index contributed by atoms with van der Waals surface area (Å²) < 4.78 is 20.5. The van der Waals surface area contributed by atoms with Gasteiger partial charge in [-0.1, -0.05) is 12.1 Å². The minimum absolute atomic E-state index is 0.0676. The molecule has 0 aliphatic carbocycles. The number of furan rings is 1. The normalized spacial score (nSPS) is 11.0. The van der Waals surface area contributed by atoms with Crippen molar-refractivity contribution in [2.75, 3.05) is 0 Å². The molecular weight excluding hydrogens is 391 g/mol. The minimum atomic E-state index is -0.655. The number of fused-ring (bicyclic) bond motifs is 1. The molecule has 0 atom stereocenters. The molecule has 3 aromatic heterocycles. The Labute approximate surface area is 169 Å². The molecule has 0 saturated carbocycles. The molecule has 4 aromatic rings. The van der Waals surface area contributed by atoms with Crippen molar-refractivity contribution < 1.29 is 13.6 Å². The molecule has 0 aliphatic rings. The third kappa shape index (κ3) is 3.90. The van der Waals surface area contributed by atoms with Crippen LogP contribution in [-0.2, 0) is 24.4 Å². The van der Waals surface area contributed by atoms with Crippen LogP contribution >= 0.6 is 0 Å². The maximum Gasteiger partial charge on any atom is 0.332 e. The first-order chi connectivity index (χ1) is 14.5. The Balaban J connectivity index is 1.70. The van der Waals surface area contributed by atoms with Crippen molar-refractivity contribution in [3.63, 3.8) is 0 Å². The first kappa shape index (κ1) is 19.3. The molecule has 0 saturated heterocycles. The molecule has 152 valence electrons. The fourth-order valence-electron chi connectivity index (χ4n) is 3.11. The summed E-state index contributed by atoms with van der Waals surface area (Å²) in [7, 11) is 0. The maximum absolute atomic E-state index is 13.2. The van der Waals surface area contributed by atoms with Crippen molar-refractivity contribution in [3.05, 3.63) is 99.0 Å². The van der Waals surface area contributed by atoms with Crippen molar-refractivity contribution in [3.8, 4) is 0 Å². The summed E-state index contributed by atoms with van der Waals surface area (Å²) in [5.74, 6) is -0.272. The zero-order valence-electron chi connectivity index (χ0n) is 15.7. The average Bonchev–Trinajstić information content (AvgIpc) is 3.28. The van der Waals surface area contributed by atoms with Crippen LogP contribution in [0.25, 0.3) is 11.0 Å². The topological polar surface area (TPSA) is 99.1 Å². The van der Waals surface area contributed by atoms with Crippen molar-refractivity contribution >= 4 is 16.9 Å². The van der Waals surface area contributed by atoms with Gasteiger partial charge in [-0.05, 0) is 42.0 Å². The maximum atomic E-state index is 13.2. The van der Waals surface area contributed by atoms with Gasteiger partial charge in [-0.3, -0.25) is 18.7 Å². The first-order valence-electron chi connectivity index (χ1n) is 9.15. The monoisotopic (exact) mass is 408 g/mol. The molecule has 9 heteroatoms. The Morgan fingerprint density at radius 3 is 2.60 bits per heavy atom. The van der Waals surface area contributed by atoms with E-state index in [0.717, 1.165) is 4.57 Å². The van der Waals surface area contributed by atoms with E-state index >= 15 is 0 Å². The summed E-state index contributed by atoms with van der Waals surface area (Å²) in [6, 6.07) is 12.1. The molecular formula is C21H17FN4O4. The predicted octanol–water partition coefficient (Wildman–Crippen LogP) is 1.65. The predicted molar refractivity (Wildman–Crippen MR) is 106 cm³/mol. The van der Waals surface area contributed by atoms with E-state index in [-0.39, 0.29) is 30.7 Å². The van der Waals surface area contributed by atoms with Crippen molar-refractivity contribution in [2.45, 2.75) is 19.6 Å². The Hall–Kier alpha value is -4.01. The number of hydrogen-bond acceptors (Lipinski definition) is 5. The van der Waals surface area contributed by atoms with Crippen molar-refractivity contribution in [2.24, 2.45) is 0 Å². The van der Waals surface area contributed by atoms with Gasteiger partial charge in [-0.25, -0.2) is 14.2 Å². The number of carbonyl (C=O) groups is 1. The Bertz CT molecular complexity index is 1310. The van der Waals surface area contributed by atoms with Gasteiger partial charge in [-0.2, -0.15) is 0 Å².